The molecule has 1 saturated heterocycles. The number of nitriles is 1. The predicted molar refractivity (Wildman–Crippen MR) is 129 cm³/mol. The molecule has 0 radical (unpaired) electrons. The van der Waals surface area contributed by atoms with Crippen LogP contribution in [0.15, 0.2) is 61.0 Å². The largest absolute Gasteiger partial charge is 0.508 e. The summed E-state index contributed by atoms with van der Waals surface area (Å²) < 4.78 is 0. The van der Waals surface area contributed by atoms with Gasteiger partial charge in [-0.1, -0.05) is 18.7 Å². The molecule has 4 N–H and O–H groups in total. The lowest BCUT2D eigenvalue weighted by molar-refractivity contribution is -0.118. The van der Waals surface area contributed by atoms with Crippen molar-refractivity contribution in [1.29, 1.82) is 5.26 Å². The first kappa shape index (κ1) is 23.3. The summed E-state index contributed by atoms with van der Waals surface area (Å²) in [7, 11) is 0. The Hall–Kier alpha value is -3.83. The van der Waals surface area contributed by atoms with Crippen LogP contribution in [-0.4, -0.2) is 46.8 Å². The third kappa shape index (κ3) is 5.05. The second-order valence-corrected chi connectivity index (χ2v) is 8.72. The van der Waals surface area contributed by atoms with Crippen LogP contribution in [0.3, 0.4) is 0 Å². The molecular weight excluding hydrogens is 430 g/mol. The van der Waals surface area contributed by atoms with E-state index in [0.717, 1.165) is 30.0 Å². The molecular formula is C26H29N5O3. The van der Waals surface area contributed by atoms with Crippen molar-refractivity contribution in [1.82, 2.24) is 15.6 Å². The van der Waals surface area contributed by atoms with Gasteiger partial charge in [-0.15, -0.1) is 0 Å². The smallest absolute Gasteiger partial charge is 0.252 e. The Bertz CT molecular complexity index is 1110. The van der Waals surface area contributed by atoms with Gasteiger partial charge < -0.3 is 25.7 Å². The van der Waals surface area contributed by atoms with Crippen LogP contribution in [-0.2, 0) is 4.79 Å². The predicted octanol–water partition coefficient (Wildman–Crippen LogP) is 2.62. The second kappa shape index (κ2) is 10.4. The van der Waals surface area contributed by atoms with Crippen LogP contribution in [0.1, 0.15) is 47.9 Å². The van der Waals surface area contributed by atoms with Gasteiger partial charge in [0.2, 0.25) is 0 Å². The minimum atomic E-state index is -0.399. The third-order valence-corrected chi connectivity index (χ3v) is 6.53. The van der Waals surface area contributed by atoms with Crippen LogP contribution in [0.4, 0.5) is 5.82 Å². The summed E-state index contributed by atoms with van der Waals surface area (Å²) in [6.07, 6.45) is 7.34. The molecule has 1 aliphatic heterocycles. The average molecular weight is 460 g/mol. The number of aliphatic hydroxyl groups excluding tert-OH is 1. The minimum Gasteiger partial charge on any atom is -0.508 e. The fourth-order valence-electron chi connectivity index (χ4n) is 4.25. The Morgan fingerprint density at radius 3 is 2.71 bits per heavy atom. The Morgan fingerprint density at radius 1 is 1.32 bits per heavy atom. The van der Waals surface area contributed by atoms with Gasteiger partial charge in [-0.3, -0.25) is 4.79 Å². The number of nitrogens with zero attached hydrogens (tertiary/aromatic N) is 3. The SMILES string of the molecule is C=C/C(=C\NC(CO)c1ccc(N2CCC2)nc1)C(=O)NC1CC(c2cc(O)ccc2C#N)C1. The van der Waals surface area contributed by atoms with Crippen LogP contribution < -0.4 is 15.5 Å². The highest BCUT2D eigenvalue weighted by Gasteiger charge is 2.33. The normalized spacial score (nSPS) is 20.4. The number of phenols is 1. The number of aromatic nitrogens is 1. The highest BCUT2D eigenvalue weighted by atomic mass is 16.3. The maximum Gasteiger partial charge on any atom is 0.252 e. The first-order valence-corrected chi connectivity index (χ1v) is 11.5. The number of anilines is 1. The van der Waals surface area contributed by atoms with Crippen molar-refractivity contribution in [3.8, 4) is 11.8 Å². The zero-order valence-electron chi connectivity index (χ0n) is 18.9. The molecule has 1 aromatic heterocycles. The molecule has 176 valence electrons. The number of pyridine rings is 1. The summed E-state index contributed by atoms with van der Waals surface area (Å²) in [6, 6.07) is 10.4. The van der Waals surface area contributed by atoms with Crippen molar-refractivity contribution >= 4 is 11.7 Å². The fraction of sp³-hybridized carbons (Fsp3) is 0.346. The second-order valence-electron chi connectivity index (χ2n) is 8.72. The van der Waals surface area contributed by atoms with Crippen LogP contribution in [0.2, 0.25) is 0 Å². The Morgan fingerprint density at radius 2 is 2.12 bits per heavy atom. The number of aromatic hydroxyl groups is 1. The number of rotatable bonds is 9. The van der Waals surface area contributed by atoms with Crippen molar-refractivity contribution in [2.45, 2.75) is 37.3 Å². The molecule has 2 aromatic rings. The van der Waals surface area contributed by atoms with Crippen LogP contribution in [0.5, 0.6) is 5.75 Å². The molecule has 1 saturated carbocycles. The summed E-state index contributed by atoms with van der Waals surface area (Å²) in [5.41, 5.74) is 2.55. The van der Waals surface area contributed by atoms with E-state index in [1.54, 1.807) is 24.5 Å². The molecule has 8 nitrogen and oxygen atoms in total. The molecule has 1 aromatic carbocycles. The van der Waals surface area contributed by atoms with Crippen molar-refractivity contribution in [3.63, 3.8) is 0 Å². The van der Waals surface area contributed by atoms with E-state index in [4.69, 9.17) is 0 Å². The molecule has 8 heteroatoms. The van der Waals surface area contributed by atoms with Gasteiger partial charge >= 0.3 is 0 Å². The fourth-order valence-corrected chi connectivity index (χ4v) is 4.25. The summed E-state index contributed by atoms with van der Waals surface area (Å²) >= 11 is 0. The molecule has 1 aliphatic carbocycles. The molecule has 34 heavy (non-hydrogen) atoms. The van der Waals surface area contributed by atoms with E-state index in [-0.39, 0.29) is 30.2 Å². The van der Waals surface area contributed by atoms with Crippen LogP contribution in [0.25, 0.3) is 0 Å². The molecule has 0 spiro atoms. The van der Waals surface area contributed by atoms with E-state index in [9.17, 15) is 20.3 Å². The topological polar surface area (TPSA) is 122 Å². The Labute approximate surface area is 199 Å². The molecule has 0 bridgehead atoms. The van der Waals surface area contributed by atoms with E-state index in [2.05, 4.69) is 33.2 Å². The zero-order chi connectivity index (χ0) is 24.1. The number of aliphatic hydroxyl groups is 1. The number of benzene rings is 1. The maximum absolute atomic E-state index is 12.7. The van der Waals surface area contributed by atoms with E-state index in [1.165, 1.54) is 18.6 Å². The van der Waals surface area contributed by atoms with Crippen molar-refractivity contribution < 1.29 is 15.0 Å². The summed E-state index contributed by atoms with van der Waals surface area (Å²) in [5, 5.41) is 35.0. The zero-order valence-corrected chi connectivity index (χ0v) is 18.9. The molecule has 2 fully saturated rings. The van der Waals surface area contributed by atoms with Crippen molar-refractivity contribution in [3.05, 3.63) is 77.6 Å². The molecule has 1 unspecified atom stereocenters. The van der Waals surface area contributed by atoms with Gasteiger partial charge in [-0.25, -0.2) is 4.98 Å². The summed E-state index contributed by atoms with van der Waals surface area (Å²) in [6.45, 7) is 5.62. The Balaban J connectivity index is 1.32. The van der Waals surface area contributed by atoms with E-state index >= 15 is 0 Å². The van der Waals surface area contributed by atoms with Gasteiger partial charge in [0.25, 0.3) is 5.91 Å². The van der Waals surface area contributed by atoms with Crippen molar-refractivity contribution in [2.24, 2.45) is 0 Å². The van der Waals surface area contributed by atoms with Gasteiger partial charge in [0.1, 0.15) is 11.6 Å². The highest BCUT2D eigenvalue weighted by molar-refractivity contribution is 5.96. The number of phenolic OH excluding ortho intramolecular Hbond substituents is 1. The van der Waals surface area contributed by atoms with Crippen molar-refractivity contribution in [2.75, 3.05) is 24.6 Å². The van der Waals surface area contributed by atoms with E-state index in [1.807, 2.05) is 12.1 Å². The number of carbonyl (C=O) groups excluding carboxylic acids is 1. The van der Waals surface area contributed by atoms with Gasteiger partial charge in [0.05, 0.1) is 29.9 Å². The van der Waals surface area contributed by atoms with Gasteiger partial charge in [0, 0.05) is 31.5 Å². The number of nitrogens with one attached hydrogen (secondary N) is 2. The Kier molecular flexibility index (Phi) is 7.14. The molecule has 1 atom stereocenters. The monoisotopic (exact) mass is 459 g/mol. The molecule has 2 aliphatic rings. The molecule has 1 amide bonds. The van der Waals surface area contributed by atoms with E-state index < -0.39 is 6.04 Å². The standard InChI is InChI=1S/C26H29N5O3/c1-2-17(14-28-24(16-32)19-5-7-25(29-15-19)31-8-3-9-31)26(34)30-21-10-20(11-21)23-12-22(33)6-4-18(23)13-27/h2,4-7,12,14-15,20-21,24,28,32-33H,1,3,8-11,16H2,(H,30,34)/b17-14+. The lowest BCUT2D eigenvalue weighted by Gasteiger charge is -2.36. The number of amides is 1. The maximum atomic E-state index is 12.7. The lowest BCUT2D eigenvalue weighted by atomic mass is 9.74. The third-order valence-electron chi connectivity index (χ3n) is 6.53. The number of carbonyl (C=O) groups is 1. The lowest BCUT2D eigenvalue weighted by Crippen LogP contribution is -2.44. The average Bonchev–Trinajstić information content (AvgIpc) is 2.78. The first-order valence-electron chi connectivity index (χ1n) is 11.5. The molecule has 2 heterocycles. The summed E-state index contributed by atoms with van der Waals surface area (Å²) in [5.74, 6) is 0.921. The van der Waals surface area contributed by atoms with Gasteiger partial charge in [-0.2, -0.15) is 5.26 Å². The minimum absolute atomic E-state index is 0.0263. The quantitative estimate of drug-likeness (QED) is 0.336. The summed E-state index contributed by atoms with van der Waals surface area (Å²) in [4.78, 5) is 19.4. The van der Waals surface area contributed by atoms with E-state index in [0.29, 0.717) is 24.0 Å². The molecule has 4 rings (SSSR count). The van der Waals surface area contributed by atoms with Gasteiger partial charge in [0.15, 0.2) is 0 Å². The first-order chi connectivity index (χ1) is 16.5. The van der Waals surface area contributed by atoms with Crippen LogP contribution >= 0.6 is 0 Å². The number of hydrogen-bond acceptors (Lipinski definition) is 7. The highest BCUT2D eigenvalue weighted by Crippen LogP contribution is 2.39. The van der Waals surface area contributed by atoms with Crippen LogP contribution in [0, 0.1) is 11.3 Å². The van der Waals surface area contributed by atoms with Gasteiger partial charge in [-0.05, 0) is 60.6 Å². The number of hydrogen-bond donors (Lipinski definition) is 4.